The molecule has 1 amide bonds. The number of aromatic nitrogens is 1. The number of hydrogen-bond acceptors (Lipinski definition) is 4. The van der Waals surface area contributed by atoms with Crippen molar-refractivity contribution in [3.05, 3.63) is 53.7 Å². The molecule has 0 atom stereocenters. The summed E-state index contributed by atoms with van der Waals surface area (Å²) >= 11 is 1.44. The maximum absolute atomic E-state index is 11.9. The maximum atomic E-state index is 11.9. The van der Waals surface area contributed by atoms with Crippen LogP contribution in [0.4, 0.5) is 0 Å². The fourth-order valence-corrected chi connectivity index (χ4v) is 3.04. The Morgan fingerprint density at radius 1 is 1.32 bits per heavy atom. The van der Waals surface area contributed by atoms with Crippen molar-refractivity contribution >= 4 is 17.7 Å². The van der Waals surface area contributed by atoms with Crippen LogP contribution in [-0.4, -0.2) is 23.3 Å². The highest BCUT2D eigenvalue weighted by Gasteiger charge is 2.11. The Bertz CT molecular complexity index is 646. The zero-order valence-corrected chi connectivity index (χ0v) is 13.1. The van der Waals surface area contributed by atoms with Crippen LogP contribution in [0.25, 0.3) is 0 Å². The topological polar surface area (TPSA) is 51.2 Å². The number of amides is 1. The lowest BCUT2D eigenvalue weighted by molar-refractivity contribution is -0.118. The van der Waals surface area contributed by atoms with E-state index in [4.69, 9.17) is 4.74 Å². The minimum Gasteiger partial charge on any atom is -0.493 e. The van der Waals surface area contributed by atoms with E-state index < -0.39 is 0 Å². The number of rotatable bonds is 5. The Labute approximate surface area is 134 Å². The molecule has 2 heterocycles. The van der Waals surface area contributed by atoms with Crippen LogP contribution in [0, 0.1) is 0 Å². The van der Waals surface area contributed by atoms with Gasteiger partial charge in [-0.2, -0.15) is 0 Å². The molecule has 1 aliphatic heterocycles. The van der Waals surface area contributed by atoms with Crippen LogP contribution in [0.1, 0.15) is 17.5 Å². The SMILES string of the molecule is O=C(CSc1ccccn1)NCc1ccc2c(c1)CCCO2. The molecule has 22 heavy (non-hydrogen) atoms. The van der Waals surface area contributed by atoms with Crippen LogP contribution < -0.4 is 10.1 Å². The second kappa shape index (κ2) is 7.31. The number of fused-ring (bicyclic) bond motifs is 1. The van der Waals surface area contributed by atoms with Gasteiger partial charge in [-0.25, -0.2) is 4.98 Å². The van der Waals surface area contributed by atoms with Crippen molar-refractivity contribution in [2.75, 3.05) is 12.4 Å². The highest BCUT2D eigenvalue weighted by Crippen LogP contribution is 2.25. The molecular weight excluding hydrogens is 296 g/mol. The summed E-state index contributed by atoms with van der Waals surface area (Å²) in [7, 11) is 0. The first kappa shape index (κ1) is 14.9. The molecule has 1 N–H and O–H groups in total. The van der Waals surface area contributed by atoms with E-state index >= 15 is 0 Å². The van der Waals surface area contributed by atoms with Gasteiger partial charge in [0.15, 0.2) is 0 Å². The van der Waals surface area contributed by atoms with Crippen LogP contribution in [0.5, 0.6) is 5.75 Å². The lowest BCUT2D eigenvalue weighted by Gasteiger charge is -2.18. The number of benzene rings is 1. The molecule has 1 aromatic heterocycles. The van der Waals surface area contributed by atoms with Gasteiger partial charge in [0, 0.05) is 12.7 Å². The molecule has 0 saturated heterocycles. The molecule has 0 aliphatic carbocycles. The number of aryl methyl sites for hydroxylation is 1. The van der Waals surface area contributed by atoms with Crippen LogP contribution in [-0.2, 0) is 17.8 Å². The van der Waals surface area contributed by atoms with E-state index in [9.17, 15) is 4.79 Å². The third-order valence-electron chi connectivity index (χ3n) is 3.45. The summed E-state index contributed by atoms with van der Waals surface area (Å²) in [5, 5.41) is 3.81. The molecule has 0 saturated carbocycles. The Morgan fingerprint density at radius 2 is 2.27 bits per heavy atom. The van der Waals surface area contributed by atoms with E-state index in [1.807, 2.05) is 30.3 Å². The lowest BCUT2D eigenvalue weighted by atomic mass is 10.0. The average molecular weight is 314 g/mol. The number of nitrogens with one attached hydrogen (secondary N) is 1. The van der Waals surface area contributed by atoms with E-state index in [2.05, 4.69) is 16.4 Å². The van der Waals surface area contributed by atoms with Gasteiger partial charge >= 0.3 is 0 Å². The van der Waals surface area contributed by atoms with Crippen LogP contribution in [0.3, 0.4) is 0 Å². The molecule has 0 unspecified atom stereocenters. The molecule has 0 fully saturated rings. The summed E-state index contributed by atoms with van der Waals surface area (Å²) in [5.41, 5.74) is 2.35. The second-order valence-electron chi connectivity index (χ2n) is 5.13. The average Bonchev–Trinajstić information content (AvgIpc) is 2.59. The van der Waals surface area contributed by atoms with Gasteiger partial charge in [-0.15, -0.1) is 0 Å². The van der Waals surface area contributed by atoms with Gasteiger partial charge < -0.3 is 10.1 Å². The van der Waals surface area contributed by atoms with Crippen molar-refractivity contribution < 1.29 is 9.53 Å². The van der Waals surface area contributed by atoms with Crippen LogP contribution >= 0.6 is 11.8 Å². The van der Waals surface area contributed by atoms with E-state index in [1.54, 1.807) is 6.20 Å². The number of hydrogen-bond donors (Lipinski definition) is 1. The summed E-state index contributed by atoms with van der Waals surface area (Å²) in [6, 6.07) is 11.8. The molecule has 0 bridgehead atoms. The number of carbonyl (C=O) groups excluding carboxylic acids is 1. The van der Waals surface area contributed by atoms with Gasteiger partial charge in [0.1, 0.15) is 5.75 Å². The summed E-state index contributed by atoms with van der Waals surface area (Å²) in [6.07, 6.45) is 3.84. The first-order chi connectivity index (χ1) is 10.8. The number of nitrogens with zero attached hydrogens (tertiary/aromatic N) is 1. The minimum atomic E-state index is 0.0182. The van der Waals surface area contributed by atoms with Gasteiger partial charge in [-0.05, 0) is 42.2 Å². The molecule has 2 aromatic rings. The normalized spacial score (nSPS) is 13.1. The monoisotopic (exact) mass is 314 g/mol. The third-order valence-corrected chi connectivity index (χ3v) is 4.40. The number of carbonyl (C=O) groups is 1. The second-order valence-corrected chi connectivity index (χ2v) is 6.12. The smallest absolute Gasteiger partial charge is 0.230 e. The van der Waals surface area contributed by atoms with Crippen molar-refractivity contribution in [3.63, 3.8) is 0 Å². The zero-order chi connectivity index (χ0) is 15.2. The molecule has 3 rings (SSSR count). The molecule has 0 radical (unpaired) electrons. The van der Waals surface area contributed by atoms with E-state index in [-0.39, 0.29) is 5.91 Å². The van der Waals surface area contributed by atoms with E-state index in [1.165, 1.54) is 17.3 Å². The zero-order valence-electron chi connectivity index (χ0n) is 12.2. The fourth-order valence-electron chi connectivity index (χ4n) is 2.35. The Hall–Kier alpha value is -2.01. The standard InChI is InChI=1S/C17H18N2O2S/c20-16(12-22-17-5-1-2-8-18-17)19-11-13-6-7-15-14(10-13)4-3-9-21-15/h1-2,5-8,10H,3-4,9,11-12H2,(H,19,20). The third kappa shape index (κ3) is 4.01. The van der Waals surface area contributed by atoms with Crippen molar-refractivity contribution in [3.8, 4) is 5.75 Å². The predicted octanol–water partition coefficient (Wildman–Crippen LogP) is 2.82. The first-order valence-electron chi connectivity index (χ1n) is 7.36. The lowest BCUT2D eigenvalue weighted by Crippen LogP contribution is -2.24. The summed E-state index contributed by atoms with van der Waals surface area (Å²) in [4.78, 5) is 16.1. The molecule has 5 heteroatoms. The van der Waals surface area contributed by atoms with Gasteiger partial charge in [0.25, 0.3) is 0 Å². The molecule has 114 valence electrons. The molecule has 1 aliphatic rings. The Morgan fingerprint density at radius 3 is 3.14 bits per heavy atom. The van der Waals surface area contributed by atoms with Crippen molar-refractivity contribution in [2.24, 2.45) is 0 Å². The van der Waals surface area contributed by atoms with Crippen molar-refractivity contribution in [2.45, 2.75) is 24.4 Å². The summed E-state index contributed by atoms with van der Waals surface area (Å²) in [5.74, 6) is 1.38. The van der Waals surface area contributed by atoms with Gasteiger partial charge in [-0.1, -0.05) is 30.0 Å². The number of thioether (sulfide) groups is 1. The quantitative estimate of drug-likeness (QED) is 0.862. The number of pyridine rings is 1. The summed E-state index contributed by atoms with van der Waals surface area (Å²) in [6.45, 7) is 1.35. The largest absolute Gasteiger partial charge is 0.493 e. The Balaban J connectivity index is 1.48. The van der Waals surface area contributed by atoms with Gasteiger partial charge in [0.05, 0.1) is 17.4 Å². The molecule has 0 spiro atoms. The highest BCUT2D eigenvalue weighted by molar-refractivity contribution is 7.99. The first-order valence-corrected chi connectivity index (χ1v) is 8.35. The number of ether oxygens (including phenoxy) is 1. The summed E-state index contributed by atoms with van der Waals surface area (Å²) < 4.78 is 5.59. The van der Waals surface area contributed by atoms with E-state index in [0.717, 1.165) is 35.8 Å². The minimum absolute atomic E-state index is 0.0182. The van der Waals surface area contributed by atoms with Gasteiger partial charge in [-0.3, -0.25) is 4.79 Å². The van der Waals surface area contributed by atoms with Gasteiger partial charge in [0.2, 0.25) is 5.91 Å². The predicted molar refractivity (Wildman–Crippen MR) is 87.1 cm³/mol. The fraction of sp³-hybridized carbons (Fsp3) is 0.294. The van der Waals surface area contributed by atoms with Crippen molar-refractivity contribution in [1.82, 2.24) is 10.3 Å². The van der Waals surface area contributed by atoms with Crippen molar-refractivity contribution in [1.29, 1.82) is 0 Å². The molecule has 4 nitrogen and oxygen atoms in total. The Kier molecular flexibility index (Phi) is 4.96. The molecule has 1 aromatic carbocycles. The molecular formula is C17H18N2O2S. The highest BCUT2D eigenvalue weighted by atomic mass is 32.2. The van der Waals surface area contributed by atoms with E-state index in [0.29, 0.717) is 12.3 Å². The maximum Gasteiger partial charge on any atom is 0.230 e. The van der Waals surface area contributed by atoms with Crippen LogP contribution in [0.2, 0.25) is 0 Å². The van der Waals surface area contributed by atoms with Crippen LogP contribution in [0.15, 0.2) is 47.6 Å².